The maximum absolute atomic E-state index is 5.62. The molecule has 3 heterocycles. The van der Waals surface area contributed by atoms with Gasteiger partial charge in [0.1, 0.15) is 0 Å². The standard InChI is InChI=1S/C16H21N5/c17-4-8-20-9-11-21(12-10-20)15-3-7-19-16(13-15)14-1-5-18-6-2-14/h1-3,5-7,13H,4,8-12,17H2. The van der Waals surface area contributed by atoms with Crippen molar-refractivity contribution in [2.75, 3.05) is 44.2 Å². The maximum Gasteiger partial charge on any atom is 0.0723 e. The van der Waals surface area contributed by atoms with Gasteiger partial charge in [-0.3, -0.25) is 14.9 Å². The Labute approximate surface area is 125 Å². The van der Waals surface area contributed by atoms with Crippen LogP contribution >= 0.6 is 0 Å². The molecule has 1 saturated heterocycles. The third-order valence-corrected chi connectivity index (χ3v) is 3.90. The molecule has 0 bridgehead atoms. The molecule has 0 saturated carbocycles. The summed E-state index contributed by atoms with van der Waals surface area (Å²) in [5.41, 5.74) is 8.97. The fraction of sp³-hybridized carbons (Fsp3) is 0.375. The number of nitrogens with zero attached hydrogens (tertiary/aromatic N) is 4. The number of anilines is 1. The van der Waals surface area contributed by atoms with Gasteiger partial charge in [-0.1, -0.05) is 0 Å². The average Bonchev–Trinajstić information content (AvgIpc) is 2.57. The van der Waals surface area contributed by atoms with Crippen LogP contribution in [-0.2, 0) is 0 Å². The van der Waals surface area contributed by atoms with Gasteiger partial charge in [0.05, 0.1) is 5.69 Å². The molecule has 21 heavy (non-hydrogen) atoms. The van der Waals surface area contributed by atoms with Crippen LogP contribution in [-0.4, -0.2) is 54.1 Å². The van der Waals surface area contributed by atoms with Gasteiger partial charge in [0.2, 0.25) is 0 Å². The number of hydrogen-bond donors (Lipinski definition) is 1. The maximum atomic E-state index is 5.62. The van der Waals surface area contributed by atoms with Gasteiger partial charge < -0.3 is 10.6 Å². The molecule has 0 unspecified atom stereocenters. The molecule has 3 rings (SSSR count). The van der Waals surface area contributed by atoms with Crippen LogP contribution in [0, 0.1) is 0 Å². The van der Waals surface area contributed by atoms with Crippen molar-refractivity contribution in [2.45, 2.75) is 0 Å². The van der Waals surface area contributed by atoms with Crippen molar-refractivity contribution in [1.29, 1.82) is 0 Å². The molecule has 0 atom stereocenters. The summed E-state index contributed by atoms with van der Waals surface area (Å²) in [6, 6.07) is 8.23. The summed E-state index contributed by atoms with van der Waals surface area (Å²) in [5.74, 6) is 0. The summed E-state index contributed by atoms with van der Waals surface area (Å²) < 4.78 is 0. The van der Waals surface area contributed by atoms with Crippen LogP contribution in [0.1, 0.15) is 0 Å². The largest absolute Gasteiger partial charge is 0.369 e. The Balaban J connectivity index is 1.72. The number of nitrogens with two attached hydrogens (primary N) is 1. The Kier molecular flexibility index (Phi) is 4.43. The summed E-state index contributed by atoms with van der Waals surface area (Å²) in [6.07, 6.45) is 5.49. The van der Waals surface area contributed by atoms with Crippen molar-refractivity contribution >= 4 is 5.69 Å². The molecule has 0 aromatic carbocycles. The second-order valence-electron chi connectivity index (χ2n) is 5.25. The lowest BCUT2D eigenvalue weighted by Crippen LogP contribution is -2.47. The Morgan fingerprint density at radius 3 is 2.48 bits per heavy atom. The van der Waals surface area contributed by atoms with Crippen molar-refractivity contribution in [1.82, 2.24) is 14.9 Å². The lowest BCUT2D eigenvalue weighted by molar-refractivity contribution is 0.265. The first-order valence-electron chi connectivity index (χ1n) is 7.40. The van der Waals surface area contributed by atoms with E-state index in [0.717, 1.165) is 50.5 Å². The zero-order valence-electron chi connectivity index (χ0n) is 12.2. The lowest BCUT2D eigenvalue weighted by atomic mass is 10.1. The topological polar surface area (TPSA) is 58.3 Å². The van der Waals surface area contributed by atoms with Crippen molar-refractivity contribution in [3.05, 3.63) is 42.9 Å². The molecule has 1 fully saturated rings. The van der Waals surface area contributed by atoms with Crippen LogP contribution in [0.25, 0.3) is 11.3 Å². The fourth-order valence-corrected chi connectivity index (χ4v) is 2.71. The SMILES string of the molecule is NCCN1CCN(c2ccnc(-c3ccncc3)c2)CC1. The first kappa shape index (κ1) is 14.0. The van der Waals surface area contributed by atoms with Gasteiger partial charge in [0.15, 0.2) is 0 Å². The molecule has 5 nitrogen and oxygen atoms in total. The lowest BCUT2D eigenvalue weighted by Gasteiger charge is -2.36. The van der Waals surface area contributed by atoms with E-state index in [-0.39, 0.29) is 0 Å². The minimum Gasteiger partial charge on any atom is -0.369 e. The summed E-state index contributed by atoms with van der Waals surface area (Å²) in [5, 5.41) is 0. The van der Waals surface area contributed by atoms with Crippen LogP contribution in [0.2, 0.25) is 0 Å². The van der Waals surface area contributed by atoms with Crippen LogP contribution in [0.15, 0.2) is 42.9 Å². The Morgan fingerprint density at radius 1 is 1.00 bits per heavy atom. The van der Waals surface area contributed by atoms with Crippen LogP contribution in [0.5, 0.6) is 0 Å². The minimum atomic E-state index is 0.738. The Morgan fingerprint density at radius 2 is 1.76 bits per heavy atom. The van der Waals surface area contributed by atoms with Crippen molar-refractivity contribution in [3.63, 3.8) is 0 Å². The molecule has 1 aliphatic rings. The van der Waals surface area contributed by atoms with Gasteiger partial charge in [0, 0.05) is 69.1 Å². The number of piperazine rings is 1. The molecule has 2 aromatic rings. The van der Waals surface area contributed by atoms with Gasteiger partial charge >= 0.3 is 0 Å². The van der Waals surface area contributed by atoms with E-state index in [1.807, 2.05) is 18.3 Å². The highest BCUT2D eigenvalue weighted by Gasteiger charge is 2.16. The monoisotopic (exact) mass is 283 g/mol. The molecule has 1 aliphatic heterocycles. The number of aromatic nitrogens is 2. The molecule has 0 spiro atoms. The molecular formula is C16H21N5. The number of hydrogen-bond acceptors (Lipinski definition) is 5. The molecule has 110 valence electrons. The van der Waals surface area contributed by atoms with Gasteiger partial charge in [-0.2, -0.15) is 0 Å². The zero-order valence-corrected chi connectivity index (χ0v) is 12.2. The average molecular weight is 283 g/mol. The van der Waals surface area contributed by atoms with E-state index in [2.05, 4.69) is 31.9 Å². The normalized spacial score (nSPS) is 16.1. The quantitative estimate of drug-likeness (QED) is 0.914. The van der Waals surface area contributed by atoms with Crippen molar-refractivity contribution < 1.29 is 0 Å². The molecule has 2 aromatic heterocycles. The van der Waals surface area contributed by atoms with Crippen LogP contribution in [0.3, 0.4) is 0 Å². The minimum absolute atomic E-state index is 0.738. The van der Waals surface area contributed by atoms with Gasteiger partial charge in [-0.25, -0.2) is 0 Å². The van der Waals surface area contributed by atoms with E-state index in [4.69, 9.17) is 5.73 Å². The summed E-state index contributed by atoms with van der Waals surface area (Å²) in [7, 11) is 0. The van der Waals surface area contributed by atoms with E-state index < -0.39 is 0 Å². The van der Waals surface area contributed by atoms with Gasteiger partial charge in [-0.15, -0.1) is 0 Å². The first-order valence-corrected chi connectivity index (χ1v) is 7.40. The third kappa shape index (κ3) is 3.37. The third-order valence-electron chi connectivity index (χ3n) is 3.90. The van der Waals surface area contributed by atoms with E-state index in [1.165, 1.54) is 5.69 Å². The Bertz CT molecular complexity index is 564. The number of pyridine rings is 2. The van der Waals surface area contributed by atoms with Crippen molar-refractivity contribution in [2.24, 2.45) is 5.73 Å². The number of rotatable bonds is 4. The Hall–Kier alpha value is -1.98. The van der Waals surface area contributed by atoms with E-state index in [0.29, 0.717) is 0 Å². The van der Waals surface area contributed by atoms with Gasteiger partial charge in [0.25, 0.3) is 0 Å². The predicted molar refractivity (Wildman–Crippen MR) is 85.2 cm³/mol. The van der Waals surface area contributed by atoms with Gasteiger partial charge in [-0.05, 0) is 24.3 Å². The highest BCUT2D eigenvalue weighted by molar-refractivity contribution is 5.64. The van der Waals surface area contributed by atoms with Crippen LogP contribution < -0.4 is 10.6 Å². The molecule has 0 amide bonds. The highest BCUT2D eigenvalue weighted by Crippen LogP contribution is 2.22. The second kappa shape index (κ2) is 6.65. The molecule has 0 aliphatic carbocycles. The van der Waals surface area contributed by atoms with E-state index in [1.54, 1.807) is 12.4 Å². The summed E-state index contributed by atoms with van der Waals surface area (Å²) in [4.78, 5) is 13.4. The predicted octanol–water partition coefficient (Wildman–Crippen LogP) is 1.22. The molecule has 5 heteroatoms. The highest BCUT2D eigenvalue weighted by atomic mass is 15.3. The second-order valence-corrected chi connectivity index (χ2v) is 5.25. The van der Waals surface area contributed by atoms with Crippen LogP contribution in [0.4, 0.5) is 5.69 Å². The summed E-state index contributed by atoms with van der Waals surface area (Å²) in [6.45, 7) is 5.96. The molecular weight excluding hydrogens is 262 g/mol. The smallest absolute Gasteiger partial charge is 0.0723 e. The fourth-order valence-electron chi connectivity index (χ4n) is 2.71. The zero-order chi connectivity index (χ0) is 14.5. The molecule has 2 N–H and O–H groups in total. The summed E-state index contributed by atoms with van der Waals surface area (Å²) >= 11 is 0. The molecule has 0 radical (unpaired) electrons. The van der Waals surface area contributed by atoms with Crippen molar-refractivity contribution in [3.8, 4) is 11.3 Å². The first-order chi connectivity index (χ1) is 10.4. The van der Waals surface area contributed by atoms with E-state index >= 15 is 0 Å². The van der Waals surface area contributed by atoms with E-state index in [9.17, 15) is 0 Å².